The van der Waals surface area contributed by atoms with E-state index < -0.39 is 0 Å². The minimum atomic E-state index is -0.359. The van der Waals surface area contributed by atoms with Gasteiger partial charge in [0.2, 0.25) is 5.91 Å². The van der Waals surface area contributed by atoms with E-state index >= 15 is 0 Å². The van der Waals surface area contributed by atoms with Gasteiger partial charge in [-0.25, -0.2) is 4.39 Å². The number of benzene rings is 2. The van der Waals surface area contributed by atoms with Gasteiger partial charge in [0, 0.05) is 27.6 Å². The molecule has 0 N–H and O–H groups in total. The van der Waals surface area contributed by atoms with E-state index in [2.05, 4.69) is 15.9 Å². The van der Waals surface area contributed by atoms with Gasteiger partial charge in [0.25, 0.3) is 0 Å². The third-order valence-corrected chi connectivity index (χ3v) is 5.53. The number of thioether (sulfide) groups is 1. The number of fused-ring (bicyclic) bond motifs is 1. The Morgan fingerprint density at radius 1 is 1.30 bits per heavy atom. The van der Waals surface area contributed by atoms with Gasteiger partial charge in [0.05, 0.1) is 12.2 Å². The molecule has 1 heterocycles. The van der Waals surface area contributed by atoms with E-state index in [1.165, 1.54) is 12.1 Å². The summed E-state index contributed by atoms with van der Waals surface area (Å²) in [6, 6.07) is 12.2. The molecule has 0 aliphatic carbocycles. The van der Waals surface area contributed by atoms with Crippen molar-refractivity contribution in [3.05, 3.63) is 52.8 Å². The molecule has 0 spiro atoms. The molecule has 1 amide bonds. The van der Waals surface area contributed by atoms with Crippen molar-refractivity contribution in [2.75, 3.05) is 23.8 Å². The quantitative estimate of drug-likeness (QED) is 0.713. The minimum Gasteiger partial charge on any atom is -0.489 e. The molecule has 1 aliphatic rings. The Kier molecular flexibility index (Phi) is 5.23. The Balaban J connectivity index is 1.62. The largest absolute Gasteiger partial charge is 0.489 e. The first-order valence-corrected chi connectivity index (χ1v) is 9.03. The molecule has 3 rings (SSSR count). The maximum Gasteiger partial charge on any atom is 0.228 e. The number of nitrogens with zero attached hydrogens (tertiary/aromatic N) is 1. The van der Waals surface area contributed by atoms with E-state index in [0.717, 1.165) is 9.37 Å². The van der Waals surface area contributed by atoms with E-state index in [1.807, 2.05) is 24.3 Å². The molecule has 0 atom stereocenters. The van der Waals surface area contributed by atoms with Crippen molar-refractivity contribution < 1.29 is 13.9 Å². The lowest BCUT2D eigenvalue weighted by Gasteiger charge is -2.29. The second-order valence-electron chi connectivity index (χ2n) is 5.03. The van der Waals surface area contributed by atoms with E-state index in [9.17, 15) is 9.18 Å². The molecule has 0 bridgehead atoms. The van der Waals surface area contributed by atoms with Crippen LogP contribution in [0.15, 0.2) is 51.8 Å². The third kappa shape index (κ3) is 3.87. The predicted molar refractivity (Wildman–Crippen MR) is 93.7 cm³/mol. The molecule has 0 radical (unpaired) electrons. The van der Waals surface area contributed by atoms with Gasteiger partial charge < -0.3 is 9.64 Å². The smallest absolute Gasteiger partial charge is 0.228 e. The Morgan fingerprint density at radius 3 is 2.96 bits per heavy atom. The number of hydrogen-bond acceptors (Lipinski definition) is 3. The zero-order valence-electron chi connectivity index (χ0n) is 12.3. The fourth-order valence-corrected chi connectivity index (χ4v) is 3.90. The highest BCUT2D eigenvalue weighted by Gasteiger charge is 2.23. The summed E-state index contributed by atoms with van der Waals surface area (Å²) < 4.78 is 19.7. The molecule has 120 valence electrons. The lowest BCUT2D eigenvalue weighted by atomic mass is 10.2. The average Bonchev–Trinajstić information content (AvgIpc) is 2.55. The number of carbonyl (C=O) groups excluding carboxylic acids is 1. The van der Waals surface area contributed by atoms with Gasteiger partial charge in [-0.3, -0.25) is 4.79 Å². The standard InChI is InChI=1S/C17H15BrFNO2S/c18-13-3-1-2-4-16(13)23-10-7-17(21)20-8-9-22-15-11-12(19)5-6-14(15)20/h1-6,11H,7-10H2. The van der Waals surface area contributed by atoms with Crippen LogP contribution < -0.4 is 9.64 Å². The SMILES string of the molecule is O=C(CCSc1ccccc1Br)N1CCOc2cc(F)ccc21. The Bertz CT molecular complexity index is 725. The lowest BCUT2D eigenvalue weighted by molar-refractivity contribution is -0.118. The molecule has 23 heavy (non-hydrogen) atoms. The summed E-state index contributed by atoms with van der Waals surface area (Å²) in [5.41, 5.74) is 0.647. The zero-order valence-corrected chi connectivity index (χ0v) is 14.7. The highest BCUT2D eigenvalue weighted by Crippen LogP contribution is 2.33. The molecule has 2 aromatic carbocycles. The van der Waals surface area contributed by atoms with Crippen LogP contribution in [0.25, 0.3) is 0 Å². The highest BCUT2D eigenvalue weighted by atomic mass is 79.9. The number of ether oxygens (including phenoxy) is 1. The molecule has 3 nitrogen and oxygen atoms in total. The van der Waals surface area contributed by atoms with Crippen LogP contribution >= 0.6 is 27.7 Å². The fourth-order valence-electron chi connectivity index (χ4n) is 2.40. The Hall–Kier alpha value is -1.53. The maximum atomic E-state index is 13.3. The van der Waals surface area contributed by atoms with Crippen molar-refractivity contribution in [1.29, 1.82) is 0 Å². The van der Waals surface area contributed by atoms with Crippen LogP contribution in [0.4, 0.5) is 10.1 Å². The van der Waals surface area contributed by atoms with Gasteiger partial charge in [-0.05, 0) is 40.2 Å². The first-order chi connectivity index (χ1) is 11.1. The summed E-state index contributed by atoms with van der Waals surface area (Å²) >= 11 is 5.14. The van der Waals surface area contributed by atoms with Crippen molar-refractivity contribution >= 4 is 39.3 Å². The first kappa shape index (κ1) is 16.3. The zero-order chi connectivity index (χ0) is 16.2. The van der Waals surface area contributed by atoms with Crippen LogP contribution in [-0.2, 0) is 4.79 Å². The Morgan fingerprint density at radius 2 is 2.13 bits per heavy atom. The number of amides is 1. The van der Waals surface area contributed by atoms with Crippen LogP contribution in [0.3, 0.4) is 0 Å². The predicted octanol–water partition coefficient (Wildman–Crippen LogP) is 4.50. The monoisotopic (exact) mass is 395 g/mol. The van der Waals surface area contributed by atoms with Gasteiger partial charge in [-0.2, -0.15) is 0 Å². The fraction of sp³-hybridized carbons (Fsp3) is 0.235. The van der Waals surface area contributed by atoms with Crippen molar-refractivity contribution in [2.24, 2.45) is 0 Å². The number of rotatable bonds is 4. The first-order valence-electron chi connectivity index (χ1n) is 7.25. The second kappa shape index (κ2) is 7.36. The topological polar surface area (TPSA) is 29.5 Å². The van der Waals surface area contributed by atoms with Crippen molar-refractivity contribution in [3.63, 3.8) is 0 Å². The summed E-state index contributed by atoms with van der Waals surface area (Å²) in [6.07, 6.45) is 0.419. The normalized spacial score (nSPS) is 13.4. The molecule has 0 fully saturated rings. The lowest BCUT2D eigenvalue weighted by Crippen LogP contribution is -2.38. The molecule has 0 saturated carbocycles. The Labute approximate surface area is 146 Å². The molecule has 0 saturated heterocycles. The number of hydrogen-bond donors (Lipinski definition) is 0. The maximum absolute atomic E-state index is 13.3. The van der Waals surface area contributed by atoms with E-state index in [4.69, 9.17) is 4.74 Å². The number of anilines is 1. The van der Waals surface area contributed by atoms with E-state index in [-0.39, 0.29) is 11.7 Å². The summed E-state index contributed by atoms with van der Waals surface area (Å²) in [5, 5.41) is 0. The molecule has 6 heteroatoms. The minimum absolute atomic E-state index is 0.0284. The summed E-state index contributed by atoms with van der Waals surface area (Å²) in [6.45, 7) is 0.886. The van der Waals surface area contributed by atoms with E-state index in [0.29, 0.717) is 36.8 Å². The van der Waals surface area contributed by atoms with E-state index in [1.54, 1.807) is 22.7 Å². The molecule has 0 aromatic heterocycles. The van der Waals surface area contributed by atoms with Crippen molar-refractivity contribution in [3.8, 4) is 5.75 Å². The highest BCUT2D eigenvalue weighted by molar-refractivity contribution is 9.10. The van der Waals surface area contributed by atoms with Gasteiger partial charge >= 0.3 is 0 Å². The summed E-state index contributed by atoms with van der Waals surface area (Å²) in [4.78, 5) is 15.3. The third-order valence-electron chi connectivity index (χ3n) is 3.50. The average molecular weight is 396 g/mol. The van der Waals surface area contributed by atoms with Crippen LogP contribution in [0, 0.1) is 5.82 Å². The number of carbonyl (C=O) groups is 1. The van der Waals surface area contributed by atoms with Gasteiger partial charge in [-0.15, -0.1) is 11.8 Å². The van der Waals surface area contributed by atoms with Crippen LogP contribution in [0.5, 0.6) is 5.75 Å². The van der Waals surface area contributed by atoms with Crippen LogP contribution in [0.1, 0.15) is 6.42 Å². The van der Waals surface area contributed by atoms with Gasteiger partial charge in [0.1, 0.15) is 18.2 Å². The molecular weight excluding hydrogens is 381 g/mol. The molecule has 0 unspecified atom stereocenters. The summed E-state index contributed by atoms with van der Waals surface area (Å²) in [7, 11) is 0. The summed E-state index contributed by atoms with van der Waals surface area (Å²) in [5.74, 6) is 0.793. The number of halogens is 2. The van der Waals surface area contributed by atoms with Crippen molar-refractivity contribution in [2.45, 2.75) is 11.3 Å². The second-order valence-corrected chi connectivity index (χ2v) is 7.03. The van der Waals surface area contributed by atoms with Gasteiger partial charge in [0.15, 0.2) is 0 Å². The molecular formula is C17H15BrFNO2S. The van der Waals surface area contributed by atoms with Crippen LogP contribution in [0.2, 0.25) is 0 Å². The van der Waals surface area contributed by atoms with Crippen LogP contribution in [-0.4, -0.2) is 24.8 Å². The molecule has 1 aliphatic heterocycles. The van der Waals surface area contributed by atoms with Gasteiger partial charge in [-0.1, -0.05) is 12.1 Å². The molecule has 2 aromatic rings. The van der Waals surface area contributed by atoms with Crippen molar-refractivity contribution in [1.82, 2.24) is 0 Å².